The Morgan fingerprint density at radius 1 is 1.16 bits per heavy atom. The predicted molar refractivity (Wildman–Crippen MR) is 96.9 cm³/mol. The molecule has 4 rings (SSSR count). The SMILES string of the molecule is Cc1nn(-c2ccccc2)c(Cl)c1-c1nc2c(C(N)=O)cccc2[nH]1. The highest BCUT2D eigenvalue weighted by molar-refractivity contribution is 6.32. The number of nitrogens with two attached hydrogens (primary N) is 1. The Balaban J connectivity index is 1.91. The molecule has 0 unspecified atom stereocenters. The van der Waals surface area contributed by atoms with E-state index in [9.17, 15) is 4.79 Å². The molecule has 4 aromatic rings. The highest BCUT2D eigenvalue weighted by Gasteiger charge is 2.20. The average Bonchev–Trinajstić information content (AvgIpc) is 3.15. The molecule has 0 saturated heterocycles. The predicted octanol–water partition coefficient (Wildman–Crippen LogP) is 3.48. The molecule has 6 nitrogen and oxygen atoms in total. The molecule has 0 bridgehead atoms. The minimum atomic E-state index is -0.522. The minimum Gasteiger partial charge on any atom is -0.366 e. The maximum atomic E-state index is 11.6. The largest absolute Gasteiger partial charge is 0.366 e. The number of halogens is 1. The van der Waals surface area contributed by atoms with Gasteiger partial charge in [-0.25, -0.2) is 9.67 Å². The molecule has 0 saturated carbocycles. The van der Waals surface area contributed by atoms with Gasteiger partial charge < -0.3 is 10.7 Å². The van der Waals surface area contributed by atoms with Crippen LogP contribution in [0, 0.1) is 6.92 Å². The first-order chi connectivity index (χ1) is 12.1. The first kappa shape index (κ1) is 15.4. The van der Waals surface area contributed by atoms with E-state index in [-0.39, 0.29) is 0 Å². The Bertz CT molecular complexity index is 1100. The average molecular weight is 352 g/mol. The molecule has 2 aromatic heterocycles. The van der Waals surface area contributed by atoms with Crippen LogP contribution < -0.4 is 5.73 Å². The molecule has 124 valence electrons. The molecule has 7 heteroatoms. The molecule has 2 heterocycles. The molecule has 0 aliphatic heterocycles. The van der Waals surface area contributed by atoms with E-state index in [4.69, 9.17) is 17.3 Å². The normalized spacial score (nSPS) is 11.1. The van der Waals surface area contributed by atoms with Crippen molar-refractivity contribution in [1.29, 1.82) is 0 Å². The monoisotopic (exact) mass is 351 g/mol. The summed E-state index contributed by atoms with van der Waals surface area (Å²) in [6, 6.07) is 14.9. The summed E-state index contributed by atoms with van der Waals surface area (Å²) in [5, 5.41) is 4.97. The number of carbonyl (C=O) groups is 1. The molecule has 0 radical (unpaired) electrons. The second-order valence-electron chi connectivity index (χ2n) is 5.65. The number of carbonyl (C=O) groups excluding carboxylic acids is 1. The number of rotatable bonds is 3. The van der Waals surface area contributed by atoms with Crippen molar-refractivity contribution in [1.82, 2.24) is 19.7 Å². The number of nitrogens with one attached hydrogen (secondary N) is 1. The third-order valence-electron chi connectivity index (χ3n) is 4.02. The number of benzene rings is 2. The summed E-state index contributed by atoms with van der Waals surface area (Å²) < 4.78 is 1.66. The maximum Gasteiger partial charge on any atom is 0.250 e. The van der Waals surface area contributed by atoms with Gasteiger partial charge in [-0.15, -0.1) is 0 Å². The van der Waals surface area contributed by atoms with Gasteiger partial charge in [0.25, 0.3) is 5.91 Å². The quantitative estimate of drug-likeness (QED) is 0.592. The van der Waals surface area contributed by atoms with Crippen LogP contribution in [-0.2, 0) is 0 Å². The number of primary amides is 1. The molecule has 0 aliphatic carbocycles. The second kappa shape index (κ2) is 5.75. The van der Waals surface area contributed by atoms with E-state index in [2.05, 4.69) is 15.1 Å². The van der Waals surface area contributed by atoms with Crippen molar-refractivity contribution in [3.8, 4) is 17.1 Å². The minimum absolute atomic E-state index is 0.365. The molecule has 0 aliphatic rings. The van der Waals surface area contributed by atoms with E-state index >= 15 is 0 Å². The van der Waals surface area contributed by atoms with Gasteiger partial charge in [0.15, 0.2) is 0 Å². The van der Waals surface area contributed by atoms with E-state index in [1.807, 2.05) is 43.3 Å². The summed E-state index contributed by atoms with van der Waals surface area (Å²) in [7, 11) is 0. The zero-order chi connectivity index (χ0) is 17.6. The summed E-state index contributed by atoms with van der Waals surface area (Å²) in [5.41, 5.74) is 9.31. The number of aromatic nitrogens is 4. The van der Waals surface area contributed by atoms with Gasteiger partial charge in [0.1, 0.15) is 16.5 Å². The Morgan fingerprint density at radius 2 is 1.92 bits per heavy atom. The standard InChI is InChI=1S/C18H14ClN5O/c1-10-14(16(19)24(23-10)11-6-3-2-4-7-11)18-21-13-9-5-8-12(17(20)25)15(13)22-18/h2-9H,1H3,(H2,20,25)(H,21,22). The zero-order valence-corrected chi connectivity index (χ0v) is 14.1. The number of amides is 1. The number of para-hydroxylation sites is 2. The number of imidazole rings is 1. The Hall–Kier alpha value is -3.12. The van der Waals surface area contributed by atoms with Crippen LogP contribution >= 0.6 is 11.6 Å². The van der Waals surface area contributed by atoms with Gasteiger partial charge in [-0.1, -0.05) is 35.9 Å². The third-order valence-corrected chi connectivity index (χ3v) is 4.37. The van der Waals surface area contributed by atoms with Crippen molar-refractivity contribution < 1.29 is 4.79 Å². The van der Waals surface area contributed by atoms with E-state index < -0.39 is 5.91 Å². The van der Waals surface area contributed by atoms with Gasteiger partial charge in [-0.2, -0.15) is 5.10 Å². The van der Waals surface area contributed by atoms with Crippen LogP contribution in [0.25, 0.3) is 28.1 Å². The van der Waals surface area contributed by atoms with Crippen molar-refractivity contribution in [2.45, 2.75) is 6.92 Å². The summed E-state index contributed by atoms with van der Waals surface area (Å²) in [4.78, 5) is 19.3. The smallest absolute Gasteiger partial charge is 0.250 e. The van der Waals surface area contributed by atoms with Gasteiger partial charge in [0.2, 0.25) is 0 Å². The van der Waals surface area contributed by atoms with Crippen molar-refractivity contribution in [2.24, 2.45) is 5.73 Å². The van der Waals surface area contributed by atoms with Gasteiger partial charge in [-0.05, 0) is 31.2 Å². The van der Waals surface area contributed by atoms with E-state index in [1.165, 1.54) is 0 Å². The lowest BCUT2D eigenvalue weighted by molar-refractivity contribution is 0.100. The summed E-state index contributed by atoms with van der Waals surface area (Å²) in [5.74, 6) is 0.0276. The van der Waals surface area contributed by atoms with Gasteiger partial charge in [0.05, 0.1) is 28.0 Å². The highest BCUT2D eigenvalue weighted by Crippen LogP contribution is 2.32. The molecule has 1 amide bonds. The van der Waals surface area contributed by atoms with Crippen LogP contribution in [0.1, 0.15) is 16.1 Å². The first-order valence-electron chi connectivity index (χ1n) is 7.65. The second-order valence-corrected chi connectivity index (χ2v) is 6.01. The van der Waals surface area contributed by atoms with Crippen LogP contribution in [0.15, 0.2) is 48.5 Å². The fraction of sp³-hybridized carbons (Fsp3) is 0.0556. The number of fused-ring (bicyclic) bond motifs is 1. The van der Waals surface area contributed by atoms with E-state index in [0.717, 1.165) is 11.4 Å². The Kier molecular flexibility index (Phi) is 3.54. The van der Waals surface area contributed by atoms with Crippen molar-refractivity contribution in [3.05, 3.63) is 64.9 Å². The maximum absolute atomic E-state index is 11.6. The summed E-state index contributed by atoms with van der Waals surface area (Å²) in [6.45, 7) is 1.86. The molecule has 0 fully saturated rings. The Labute approximate surface area is 148 Å². The van der Waals surface area contributed by atoms with E-state index in [1.54, 1.807) is 16.8 Å². The van der Waals surface area contributed by atoms with Crippen LogP contribution in [0.4, 0.5) is 0 Å². The third kappa shape index (κ3) is 2.47. The van der Waals surface area contributed by atoms with Crippen LogP contribution in [0.3, 0.4) is 0 Å². The molecule has 3 N–H and O–H groups in total. The Morgan fingerprint density at radius 3 is 2.64 bits per heavy atom. The van der Waals surface area contributed by atoms with Gasteiger partial charge in [-0.3, -0.25) is 4.79 Å². The lowest BCUT2D eigenvalue weighted by Crippen LogP contribution is -2.11. The lowest BCUT2D eigenvalue weighted by atomic mass is 10.2. The lowest BCUT2D eigenvalue weighted by Gasteiger charge is -2.02. The fourth-order valence-electron chi connectivity index (χ4n) is 2.86. The summed E-state index contributed by atoms with van der Waals surface area (Å²) >= 11 is 6.58. The molecular weight excluding hydrogens is 338 g/mol. The topological polar surface area (TPSA) is 89.6 Å². The number of hydrogen-bond acceptors (Lipinski definition) is 3. The van der Waals surface area contributed by atoms with Gasteiger partial charge in [0, 0.05) is 0 Å². The van der Waals surface area contributed by atoms with Gasteiger partial charge >= 0.3 is 0 Å². The first-order valence-corrected chi connectivity index (χ1v) is 8.03. The van der Waals surface area contributed by atoms with Crippen LogP contribution in [-0.4, -0.2) is 25.7 Å². The van der Waals surface area contributed by atoms with Crippen molar-refractivity contribution in [3.63, 3.8) is 0 Å². The van der Waals surface area contributed by atoms with E-state index in [0.29, 0.717) is 33.1 Å². The molecule has 0 atom stereocenters. The van der Waals surface area contributed by atoms with Crippen molar-refractivity contribution in [2.75, 3.05) is 0 Å². The zero-order valence-electron chi connectivity index (χ0n) is 13.3. The molecule has 25 heavy (non-hydrogen) atoms. The molecule has 0 spiro atoms. The number of hydrogen-bond donors (Lipinski definition) is 2. The summed E-state index contributed by atoms with van der Waals surface area (Å²) in [6.07, 6.45) is 0. The molecule has 2 aromatic carbocycles. The number of aromatic amines is 1. The van der Waals surface area contributed by atoms with Crippen LogP contribution in [0.5, 0.6) is 0 Å². The van der Waals surface area contributed by atoms with Crippen molar-refractivity contribution >= 4 is 28.5 Å². The number of H-pyrrole nitrogens is 1. The number of aryl methyl sites for hydroxylation is 1. The number of nitrogens with zero attached hydrogens (tertiary/aromatic N) is 3. The molecular formula is C18H14ClN5O. The van der Waals surface area contributed by atoms with Crippen LogP contribution in [0.2, 0.25) is 5.15 Å². The fourth-order valence-corrected chi connectivity index (χ4v) is 3.22. The highest BCUT2D eigenvalue weighted by atomic mass is 35.5.